The van der Waals surface area contributed by atoms with Gasteiger partial charge in [-0.1, -0.05) is 35.9 Å². The molecule has 0 unspecified atom stereocenters. The Morgan fingerprint density at radius 3 is 1.78 bits per heavy atom. The van der Waals surface area contributed by atoms with Gasteiger partial charge < -0.3 is 0 Å². The quantitative estimate of drug-likeness (QED) is 0.612. The largest absolute Gasteiger partial charge is 0.294 e. The number of hydrogen-bond donors (Lipinski definition) is 1. The molecular weight excluding hydrogens is 363 g/mol. The van der Waals surface area contributed by atoms with Gasteiger partial charge in [-0.15, -0.1) is 0 Å². The van der Waals surface area contributed by atoms with Crippen LogP contribution in [0.3, 0.4) is 0 Å². The summed E-state index contributed by atoms with van der Waals surface area (Å²) in [4.78, 5) is -0.0666. The summed E-state index contributed by atoms with van der Waals surface area (Å²) in [6.07, 6.45) is 0. The molecule has 0 heterocycles. The predicted octanol–water partition coefficient (Wildman–Crippen LogP) is 3.53. The second kappa shape index (κ2) is 6.86. The van der Waals surface area contributed by atoms with E-state index in [-0.39, 0.29) is 4.90 Å². The summed E-state index contributed by atoms with van der Waals surface area (Å²) in [5.41, 5.74) is 0.956. The molecule has 0 fully saturated rings. The Bertz CT molecular complexity index is 577. The Kier molecular flexibility index (Phi) is 5.77. The van der Waals surface area contributed by atoms with E-state index >= 15 is 0 Å². The smallest absolute Gasteiger partial charge is 0.282 e. The zero-order chi connectivity index (χ0) is 13.6. The Labute approximate surface area is 121 Å². The fourth-order valence-corrected chi connectivity index (χ4v) is 2.02. The lowest BCUT2D eigenvalue weighted by atomic mass is 10.2. The van der Waals surface area contributed by atoms with Crippen LogP contribution in [0.25, 0.3) is 0 Å². The van der Waals surface area contributed by atoms with E-state index < -0.39 is 10.1 Å². The minimum atomic E-state index is -4.02. The van der Waals surface area contributed by atoms with Gasteiger partial charge in [-0.25, -0.2) is 0 Å². The summed E-state index contributed by atoms with van der Waals surface area (Å²) < 4.78 is 30.8. The minimum absolute atomic E-state index is 0.0666. The van der Waals surface area contributed by atoms with E-state index in [1.165, 1.54) is 15.7 Å². The summed E-state index contributed by atoms with van der Waals surface area (Å²) in [5.74, 6) is 0. The monoisotopic (exact) mass is 376 g/mol. The third-order valence-electron chi connectivity index (χ3n) is 2.05. The highest BCUT2D eigenvalue weighted by atomic mass is 127. The van der Waals surface area contributed by atoms with E-state index in [1.54, 1.807) is 12.1 Å². The summed E-state index contributed by atoms with van der Waals surface area (Å²) in [6, 6.07) is 16.2. The molecule has 2 aromatic rings. The molecule has 1 N–H and O–H groups in total. The van der Waals surface area contributed by atoms with Gasteiger partial charge in [0.2, 0.25) is 0 Å². The first-order valence-electron chi connectivity index (χ1n) is 5.14. The van der Waals surface area contributed by atoms with Crippen LogP contribution < -0.4 is 0 Å². The van der Waals surface area contributed by atoms with Crippen LogP contribution in [-0.4, -0.2) is 13.0 Å². The molecule has 3 nitrogen and oxygen atoms in total. The van der Waals surface area contributed by atoms with Crippen molar-refractivity contribution < 1.29 is 13.0 Å². The van der Waals surface area contributed by atoms with Gasteiger partial charge in [-0.3, -0.25) is 4.55 Å². The van der Waals surface area contributed by atoms with Gasteiger partial charge >= 0.3 is 0 Å². The highest BCUT2D eigenvalue weighted by Gasteiger charge is 2.06. The van der Waals surface area contributed by atoms with E-state index in [2.05, 4.69) is 34.7 Å². The summed E-state index contributed by atoms with van der Waals surface area (Å²) in [7, 11) is -4.02. The van der Waals surface area contributed by atoms with E-state index in [0.717, 1.165) is 5.56 Å². The number of rotatable bonds is 1. The Morgan fingerprint density at radius 2 is 1.44 bits per heavy atom. The standard InChI is InChI=1S/C7H8O3S.C6H5I/c1-6-2-4-7(5-3-6)11(8,9)10;7-6-4-2-1-3-5-6/h2-5H,1H3,(H,8,9,10);1-5H. The van der Waals surface area contributed by atoms with Crippen LogP contribution in [0, 0.1) is 10.5 Å². The number of benzene rings is 2. The Morgan fingerprint density at radius 1 is 0.944 bits per heavy atom. The van der Waals surface area contributed by atoms with Gasteiger partial charge in [0.25, 0.3) is 10.1 Å². The Balaban J connectivity index is 0.000000199. The van der Waals surface area contributed by atoms with Crippen LogP contribution in [0.15, 0.2) is 59.5 Å². The molecule has 0 aliphatic rings. The van der Waals surface area contributed by atoms with Crippen molar-refractivity contribution >= 4 is 32.7 Å². The summed E-state index contributed by atoms with van der Waals surface area (Å²) >= 11 is 2.28. The SMILES string of the molecule is Cc1ccc(S(=O)(=O)O)cc1.Ic1ccccc1. The molecule has 2 aromatic carbocycles. The molecular formula is C13H13IO3S. The van der Waals surface area contributed by atoms with Gasteiger partial charge in [0, 0.05) is 3.57 Å². The highest BCUT2D eigenvalue weighted by molar-refractivity contribution is 14.1. The lowest BCUT2D eigenvalue weighted by Gasteiger charge is -1.95. The average Bonchev–Trinajstić information content (AvgIpc) is 2.30. The molecule has 18 heavy (non-hydrogen) atoms. The molecule has 0 amide bonds. The first-order valence-corrected chi connectivity index (χ1v) is 7.66. The van der Waals surface area contributed by atoms with Crippen LogP contribution in [0.4, 0.5) is 0 Å². The van der Waals surface area contributed by atoms with E-state index in [0.29, 0.717) is 0 Å². The zero-order valence-electron chi connectivity index (χ0n) is 9.75. The van der Waals surface area contributed by atoms with Crippen molar-refractivity contribution in [2.24, 2.45) is 0 Å². The maximum atomic E-state index is 10.5. The fraction of sp³-hybridized carbons (Fsp3) is 0.0769. The van der Waals surface area contributed by atoms with Crippen molar-refractivity contribution in [2.75, 3.05) is 0 Å². The highest BCUT2D eigenvalue weighted by Crippen LogP contribution is 2.08. The maximum absolute atomic E-state index is 10.5. The molecule has 0 saturated heterocycles. The first kappa shape index (κ1) is 15.1. The molecule has 0 bridgehead atoms. The molecule has 0 aromatic heterocycles. The molecule has 0 spiro atoms. The normalized spacial score (nSPS) is 10.4. The average molecular weight is 376 g/mol. The van der Waals surface area contributed by atoms with Crippen molar-refractivity contribution in [1.29, 1.82) is 0 Å². The Hall–Kier alpha value is -0.920. The van der Waals surface area contributed by atoms with Crippen LogP contribution in [0.1, 0.15) is 5.56 Å². The molecule has 5 heteroatoms. The number of hydrogen-bond acceptors (Lipinski definition) is 2. The molecule has 0 aliphatic carbocycles. The van der Waals surface area contributed by atoms with Crippen LogP contribution in [-0.2, 0) is 10.1 Å². The molecule has 96 valence electrons. The van der Waals surface area contributed by atoms with Gasteiger partial charge in [0.1, 0.15) is 0 Å². The van der Waals surface area contributed by atoms with Gasteiger partial charge in [0.05, 0.1) is 4.90 Å². The van der Waals surface area contributed by atoms with Gasteiger partial charge in [-0.2, -0.15) is 8.42 Å². The molecule has 0 aliphatic heterocycles. The van der Waals surface area contributed by atoms with Crippen LogP contribution in [0.2, 0.25) is 0 Å². The van der Waals surface area contributed by atoms with E-state index in [9.17, 15) is 8.42 Å². The molecule has 2 rings (SSSR count). The third-order valence-corrected chi connectivity index (χ3v) is 3.64. The second-order valence-corrected chi connectivity index (χ2v) is 6.25. The lowest BCUT2D eigenvalue weighted by Crippen LogP contribution is -1.96. The molecule has 0 radical (unpaired) electrons. The van der Waals surface area contributed by atoms with Crippen molar-refractivity contribution in [3.8, 4) is 0 Å². The second-order valence-electron chi connectivity index (χ2n) is 3.58. The molecule has 0 atom stereocenters. The maximum Gasteiger partial charge on any atom is 0.294 e. The van der Waals surface area contributed by atoms with Crippen molar-refractivity contribution in [1.82, 2.24) is 0 Å². The number of aryl methyl sites for hydroxylation is 1. The molecule has 0 saturated carbocycles. The first-order chi connectivity index (χ1) is 8.39. The summed E-state index contributed by atoms with van der Waals surface area (Å²) in [6.45, 7) is 1.84. The van der Waals surface area contributed by atoms with Crippen molar-refractivity contribution in [3.63, 3.8) is 0 Å². The minimum Gasteiger partial charge on any atom is -0.282 e. The summed E-state index contributed by atoms with van der Waals surface area (Å²) in [5, 5.41) is 0. The number of halogens is 1. The van der Waals surface area contributed by atoms with Crippen LogP contribution in [0.5, 0.6) is 0 Å². The van der Waals surface area contributed by atoms with Gasteiger partial charge in [0.15, 0.2) is 0 Å². The van der Waals surface area contributed by atoms with Crippen molar-refractivity contribution in [2.45, 2.75) is 11.8 Å². The zero-order valence-corrected chi connectivity index (χ0v) is 12.7. The van der Waals surface area contributed by atoms with Crippen molar-refractivity contribution in [3.05, 3.63) is 63.7 Å². The van der Waals surface area contributed by atoms with E-state index in [4.69, 9.17) is 4.55 Å². The van der Waals surface area contributed by atoms with E-state index in [1.807, 2.05) is 25.1 Å². The van der Waals surface area contributed by atoms with Gasteiger partial charge in [-0.05, 0) is 53.8 Å². The lowest BCUT2D eigenvalue weighted by molar-refractivity contribution is 0.483. The topological polar surface area (TPSA) is 54.4 Å². The predicted molar refractivity (Wildman–Crippen MR) is 80.2 cm³/mol. The van der Waals surface area contributed by atoms with Crippen LogP contribution >= 0.6 is 22.6 Å². The fourth-order valence-electron chi connectivity index (χ4n) is 1.12. The third kappa shape index (κ3) is 5.61.